The van der Waals surface area contributed by atoms with Gasteiger partial charge in [-0.3, -0.25) is 10.1 Å². The summed E-state index contributed by atoms with van der Waals surface area (Å²) in [6.07, 6.45) is 1.46. The number of hydrogen-bond acceptors (Lipinski definition) is 5. The number of rotatable bonds is 3. The molecule has 7 heteroatoms. The van der Waals surface area contributed by atoms with Crippen LogP contribution in [0, 0.1) is 0 Å². The van der Waals surface area contributed by atoms with Gasteiger partial charge in [0.2, 0.25) is 5.91 Å². The van der Waals surface area contributed by atoms with Crippen molar-refractivity contribution in [3.63, 3.8) is 0 Å². The van der Waals surface area contributed by atoms with E-state index in [4.69, 9.17) is 0 Å². The van der Waals surface area contributed by atoms with Crippen LogP contribution in [0.3, 0.4) is 0 Å². The van der Waals surface area contributed by atoms with Gasteiger partial charge in [0, 0.05) is 18.2 Å². The van der Waals surface area contributed by atoms with Crippen molar-refractivity contribution in [3.8, 4) is 0 Å². The number of thioether (sulfide) groups is 1. The quantitative estimate of drug-likeness (QED) is 0.855. The second-order valence-corrected chi connectivity index (χ2v) is 8.46. The van der Waals surface area contributed by atoms with Crippen LogP contribution in [0.15, 0.2) is 23.1 Å². The molecule has 1 atom stereocenters. The number of carbonyl (C=O) groups is 1. The first-order chi connectivity index (χ1) is 10.1. The Morgan fingerprint density at radius 1 is 1.43 bits per heavy atom. The van der Waals surface area contributed by atoms with Crippen molar-refractivity contribution in [3.05, 3.63) is 29.3 Å². The molecule has 1 amide bonds. The van der Waals surface area contributed by atoms with Crippen molar-refractivity contribution in [1.29, 1.82) is 0 Å². The van der Waals surface area contributed by atoms with Gasteiger partial charge in [-0.15, -0.1) is 11.8 Å². The molecule has 1 saturated heterocycles. The third-order valence-corrected chi connectivity index (χ3v) is 6.65. The SMILES string of the molecule is O=C(NCc1ccc2c(c1)CCCS2(=O)=O)C1CSCN1. The molecule has 1 aromatic rings. The Bertz CT molecular complexity index is 652. The van der Waals surface area contributed by atoms with Crippen LogP contribution < -0.4 is 10.6 Å². The van der Waals surface area contributed by atoms with E-state index in [9.17, 15) is 13.2 Å². The molecule has 1 unspecified atom stereocenters. The number of carbonyl (C=O) groups excluding carboxylic acids is 1. The molecule has 0 bridgehead atoms. The van der Waals surface area contributed by atoms with Gasteiger partial charge in [0.1, 0.15) is 0 Å². The Kier molecular flexibility index (Phi) is 4.24. The average Bonchev–Trinajstić information content (AvgIpc) is 2.98. The van der Waals surface area contributed by atoms with Crippen LogP contribution in [0.25, 0.3) is 0 Å². The Hall–Kier alpha value is -1.05. The Morgan fingerprint density at radius 3 is 3.05 bits per heavy atom. The summed E-state index contributed by atoms with van der Waals surface area (Å²) in [6.45, 7) is 0.439. The van der Waals surface area contributed by atoms with Crippen molar-refractivity contribution in [2.24, 2.45) is 0 Å². The first-order valence-corrected chi connectivity index (χ1v) is 9.80. The Labute approximate surface area is 128 Å². The predicted molar refractivity (Wildman–Crippen MR) is 82.9 cm³/mol. The van der Waals surface area contributed by atoms with Gasteiger partial charge < -0.3 is 5.32 Å². The topological polar surface area (TPSA) is 75.3 Å². The zero-order chi connectivity index (χ0) is 14.9. The molecule has 3 rings (SSSR count). The lowest BCUT2D eigenvalue weighted by Gasteiger charge is -2.17. The number of fused-ring (bicyclic) bond motifs is 1. The molecular weight excluding hydrogens is 308 g/mol. The summed E-state index contributed by atoms with van der Waals surface area (Å²) in [7, 11) is -3.10. The third-order valence-electron chi connectivity index (χ3n) is 3.82. The molecule has 2 heterocycles. The van der Waals surface area contributed by atoms with Gasteiger partial charge in [-0.25, -0.2) is 8.42 Å². The molecule has 0 aliphatic carbocycles. The third kappa shape index (κ3) is 3.25. The van der Waals surface area contributed by atoms with Gasteiger partial charge in [-0.2, -0.15) is 0 Å². The van der Waals surface area contributed by atoms with Crippen LogP contribution >= 0.6 is 11.8 Å². The average molecular weight is 326 g/mol. The first-order valence-electron chi connectivity index (χ1n) is 7.00. The first kappa shape index (κ1) is 14.9. The van der Waals surface area contributed by atoms with Gasteiger partial charge in [0.15, 0.2) is 9.84 Å². The number of sulfone groups is 1. The molecule has 2 aliphatic heterocycles. The van der Waals surface area contributed by atoms with Crippen molar-refractivity contribution in [1.82, 2.24) is 10.6 Å². The largest absolute Gasteiger partial charge is 0.351 e. The molecule has 114 valence electrons. The molecule has 1 fully saturated rings. The van der Waals surface area contributed by atoms with Crippen molar-refractivity contribution < 1.29 is 13.2 Å². The summed E-state index contributed by atoms with van der Waals surface area (Å²) in [6, 6.07) is 5.25. The molecule has 1 aromatic carbocycles. The van der Waals surface area contributed by atoms with E-state index in [2.05, 4.69) is 10.6 Å². The van der Waals surface area contributed by atoms with Gasteiger partial charge in [-0.1, -0.05) is 12.1 Å². The summed E-state index contributed by atoms with van der Waals surface area (Å²) < 4.78 is 23.9. The van der Waals surface area contributed by atoms with Crippen LogP contribution in [0.2, 0.25) is 0 Å². The van der Waals surface area contributed by atoms with Crippen molar-refractivity contribution in [2.75, 3.05) is 17.4 Å². The van der Waals surface area contributed by atoms with E-state index in [1.807, 2.05) is 6.07 Å². The van der Waals surface area contributed by atoms with Crippen LogP contribution in [-0.2, 0) is 27.6 Å². The fraction of sp³-hybridized carbons (Fsp3) is 0.500. The van der Waals surface area contributed by atoms with Crippen LogP contribution in [-0.4, -0.2) is 37.7 Å². The summed E-state index contributed by atoms with van der Waals surface area (Å²) in [5.41, 5.74) is 1.83. The minimum absolute atomic E-state index is 0.00495. The van der Waals surface area contributed by atoms with Crippen molar-refractivity contribution in [2.45, 2.75) is 30.3 Å². The van der Waals surface area contributed by atoms with E-state index in [-0.39, 0.29) is 17.7 Å². The molecule has 0 spiro atoms. The highest BCUT2D eigenvalue weighted by atomic mass is 32.2. The monoisotopic (exact) mass is 326 g/mol. The highest BCUT2D eigenvalue weighted by Crippen LogP contribution is 2.25. The van der Waals surface area contributed by atoms with Crippen LogP contribution in [0.1, 0.15) is 17.5 Å². The molecule has 0 aromatic heterocycles. The fourth-order valence-corrected chi connectivity index (χ4v) is 5.20. The Morgan fingerprint density at radius 2 is 2.29 bits per heavy atom. The standard InChI is InChI=1S/C14H18N2O3S2/c17-14(12-8-20-9-16-12)15-7-10-3-4-13-11(6-10)2-1-5-21(13,18)19/h3-4,6,12,16H,1-2,5,7-9H2,(H,15,17). The predicted octanol–water partition coefficient (Wildman–Crippen LogP) is 0.685. The minimum Gasteiger partial charge on any atom is -0.351 e. The van der Waals surface area contributed by atoms with Crippen LogP contribution in [0.4, 0.5) is 0 Å². The normalized spacial score (nSPS) is 23.5. The van der Waals surface area contributed by atoms with E-state index in [0.717, 1.165) is 29.2 Å². The van der Waals surface area contributed by atoms with Gasteiger partial charge in [0.05, 0.1) is 16.7 Å². The van der Waals surface area contributed by atoms with Gasteiger partial charge in [0.25, 0.3) is 0 Å². The molecule has 0 radical (unpaired) electrons. The zero-order valence-electron chi connectivity index (χ0n) is 11.6. The smallest absolute Gasteiger partial charge is 0.238 e. The number of nitrogens with one attached hydrogen (secondary N) is 2. The minimum atomic E-state index is -3.10. The number of amides is 1. The van der Waals surface area contributed by atoms with Gasteiger partial charge >= 0.3 is 0 Å². The molecular formula is C14H18N2O3S2. The number of hydrogen-bond donors (Lipinski definition) is 2. The Balaban J connectivity index is 1.68. The summed E-state index contributed by atoms with van der Waals surface area (Å²) in [5.74, 6) is 1.86. The summed E-state index contributed by atoms with van der Waals surface area (Å²) in [5, 5.41) is 6.03. The van der Waals surface area contributed by atoms with Crippen LogP contribution in [0.5, 0.6) is 0 Å². The highest BCUT2D eigenvalue weighted by Gasteiger charge is 2.24. The zero-order valence-corrected chi connectivity index (χ0v) is 13.2. The molecule has 2 N–H and O–H groups in total. The highest BCUT2D eigenvalue weighted by molar-refractivity contribution is 7.99. The fourth-order valence-electron chi connectivity index (χ4n) is 2.68. The second kappa shape index (κ2) is 5.98. The maximum Gasteiger partial charge on any atom is 0.238 e. The van der Waals surface area contributed by atoms with E-state index < -0.39 is 9.84 Å². The van der Waals surface area contributed by atoms with E-state index in [1.165, 1.54) is 0 Å². The molecule has 5 nitrogen and oxygen atoms in total. The lowest BCUT2D eigenvalue weighted by atomic mass is 10.1. The summed E-state index contributed by atoms with van der Waals surface area (Å²) in [4.78, 5) is 12.4. The molecule has 21 heavy (non-hydrogen) atoms. The molecule has 0 saturated carbocycles. The number of aryl methyl sites for hydroxylation is 1. The van der Waals surface area contributed by atoms with Crippen molar-refractivity contribution >= 4 is 27.5 Å². The van der Waals surface area contributed by atoms with E-state index in [1.54, 1.807) is 23.9 Å². The summed E-state index contributed by atoms with van der Waals surface area (Å²) >= 11 is 1.71. The second-order valence-electron chi connectivity index (χ2n) is 5.35. The maximum absolute atomic E-state index is 11.9. The lowest BCUT2D eigenvalue weighted by Crippen LogP contribution is -2.41. The van der Waals surface area contributed by atoms with E-state index >= 15 is 0 Å². The lowest BCUT2D eigenvalue weighted by molar-refractivity contribution is -0.122. The van der Waals surface area contributed by atoms with E-state index in [0.29, 0.717) is 17.9 Å². The maximum atomic E-state index is 11.9. The van der Waals surface area contributed by atoms with Gasteiger partial charge in [-0.05, 0) is 30.0 Å². The molecule has 2 aliphatic rings. The number of benzene rings is 1.